The zero-order valence-corrected chi connectivity index (χ0v) is 15.3. The molecule has 0 saturated carbocycles. The van der Waals surface area contributed by atoms with Gasteiger partial charge in [-0.2, -0.15) is 0 Å². The van der Waals surface area contributed by atoms with E-state index in [2.05, 4.69) is 0 Å². The van der Waals surface area contributed by atoms with Gasteiger partial charge >= 0.3 is 5.97 Å². The molecule has 0 atom stereocenters. The molecule has 142 valence electrons. The summed E-state index contributed by atoms with van der Waals surface area (Å²) in [6.45, 7) is 4.07. The molecule has 0 fully saturated rings. The van der Waals surface area contributed by atoms with Crippen LogP contribution in [0.5, 0.6) is 11.5 Å². The first-order valence-electron chi connectivity index (χ1n) is 8.81. The Balaban J connectivity index is 1.80. The molecule has 0 bridgehead atoms. The molecule has 27 heavy (non-hydrogen) atoms. The van der Waals surface area contributed by atoms with Crippen molar-refractivity contribution >= 4 is 16.9 Å². The van der Waals surface area contributed by atoms with Crippen molar-refractivity contribution in [3.63, 3.8) is 0 Å². The number of ether oxygens (including phenoxy) is 2. The topological polar surface area (TPSA) is 68.9 Å². The van der Waals surface area contributed by atoms with Crippen LogP contribution in [-0.4, -0.2) is 17.7 Å². The van der Waals surface area contributed by atoms with Crippen LogP contribution >= 0.6 is 0 Å². The summed E-state index contributed by atoms with van der Waals surface area (Å²) in [5, 5.41) is 10.9. The maximum Gasteiger partial charge on any atom is 0.310 e. The molecule has 5 nitrogen and oxygen atoms in total. The molecule has 0 amide bonds. The second-order valence-electron chi connectivity index (χ2n) is 6.12. The Morgan fingerprint density at radius 1 is 1.19 bits per heavy atom. The number of furan rings is 1. The van der Waals surface area contributed by atoms with E-state index in [1.807, 2.05) is 19.1 Å². The Morgan fingerprint density at radius 2 is 2.00 bits per heavy atom. The Hall–Kier alpha value is -3.02. The lowest BCUT2D eigenvalue weighted by atomic mass is 10.1. The van der Waals surface area contributed by atoms with Gasteiger partial charge < -0.3 is 19.0 Å². The Kier molecular flexibility index (Phi) is 5.64. The van der Waals surface area contributed by atoms with E-state index in [1.165, 1.54) is 18.2 Å². The summed E-state index contributed by atoms with van der Waals surface area (Å²) < 4.78 is 29.9. The van der Waals surface area contributed by atoms with Crippen molar-refractivity contribution in [2.45, 2.75) is 33.3 Å². The van der Waals surface area contributed by atoms with E-state index < -0.39 is 11.8 Å². The van der Waals surface area contributed by atoms with Gasteiger partial charge in [0, 0.05) is 23.4 Å². The van der Waals surface area contributed by atoms with Crippen LogP contribution in [0.4, 0.5) is 4.39 Å². The highest BCUT2D eigenvalue weighted by molar-refractivity contribution is 5.84. The third-order valence-corrected chi connectivity index (χ3v) is 4.12. The third kappa shape index (κ3) is 4.39. The van der Waals surface area contributed by atoms with Crippen LogP contribution in [0.25, 0.3) is 11.0 Å². The van der Waals surface area contributed by atoms with Crippen LogP contribution in [0, 0.1) is 5.82 Å². The van der Waals surface area contributed by atoms with E-state index in [4.69, 9.17) is 13.9 Å². The Labute approximate surface area is 156 Å². The number of phenolic OH excluding ortho intramolecular Hbond substituents is 1. The average Bonchev–Trinajstić information content (AvgIpc) is 3.06. The van der Waals surface area contributed by atoms with Crippen LogP contribution in [0.1, 0.15) is 30.7 Å². The highest BCUT2D eigenvalue weighted by atomic mass is 19.1. The summed E-state index contributed by atoms with van der Waals surface area (Å²) in [5.41, 5.74) is 1.68. The minimum Gasteiger partial charge on any atom is -0.504 e. The molecular weight excluding hydrogens is 351 g/mol. The molecule has 0 unspecified atom stereocenters. The van der Waals surface area contributed by atoms with Gasteiger partial charge in [-0.1, -0.05) is 13.0 Å². The lowest BCUT2D eigenvalue weighted by Crippen LogP contribution is -2.09. The number of benzene rings is 2. The number of halogens is 1. The van der Waals surface area contributed by atoms with Crippen molar-refractivity contribution < 1.29 is 28.2 Å². The highest BCUT2D eigenvalue weighted by Crippen LogP contribution is 2.31. The maximum absolute atomic E-state index is 13.6. The van der Waals surface area contributed by atoms with Crippen molar-refractivity contribution in [2.75, 3.05) is 6.61 Å². The number of carbonyl (C=O) groups excluding carboxylic acids is 1. The van der Waals surface area contributed by atoms with E-state index in [-0.39, 0.29) is 31.1 Å². The fraction of sp³-hybridized carbons (Fsp3) is 0.286. The van der Waals surface area contributed by atoms with Crippen molar-refractivity contribution in [1.29, 1.82) is 0 Å². The number of aryl methyl sites for hydroxylation is 1. The Bertz CT molecular complexity index is 961. The molecule has 3 aromatic rings. The van der Waals surface area contributed by atoms with Crippen molar-refractivity contribution in [3.8, 4) is 11.5 Å². The molecule has 3 rings (SSSR count). The average molecular weight is 372 g/mol. The lowest BCUT2D eigenvalue weighted by molar-refractivity contribution is -0.142. The standard InChI is InChI=1S/C21H21FO5/c1-3-17-9-15-7-13(8-18(23)21(15)27-17)12-26-19-11-16(22)6-5-14(19)10-20(24)25-4-2/h5-9,11,23H,3-4,10,12H2,1-2H3. The van der Waals surface area contributed by atoms with E-state index in [1.54, 1.807) is 13.0 Å². The maximum atomic E-state index is 13.6. The lowest BCUT2D eigenvalue weighted by Gasteiger charge is -2.12. The van der Waals surface area contributed by atoms with Gasteiger partial charge in [0.1, 0.15) is 23.9 Å². The predicted octanol–water partition coefficient (Wildman–Crippen LogP) is 4.52. The molecule has 0 saturated heterocycles. The van der Waals surface area contributed by atoms with Gasteiger partial charge in [-0.3, -0.25) is 4.79 Å². The molecule has 0 radical (unpaired) electrons. The van der Waals surface area contributed by atoms with Crippen LogP contribution in [0.15, 0.2) is 40.8 Å². The summed E-state index contributed by atoms with van der Waals surface area (Å²) in [6, 6.07) is 9.29. The Morgan fingerprint density at radius 3 is 2.74 bits per heavy atom. The van der Waals surface area contributed by atoms with Gasteiger partial charge in [-0.05, 0) is 36.8 Å². The highest BCUT2D eigenvalue weighted by Gasteiger charge is 2.13. The van der Waals surface area contributed by atoms with Crippen molar-refractivity contribution in [1.82, 2.24) is 0 Å². The van der Waals surface area contributed by atoms with E-state index in [9.17, 15) is 14.3 Å². The molecule has 6 heteroatoms. The van der Waals surface area contributed by atoms with Gasteiger partial charge in [0.05, 0.1) is 13.0 Å². The van der Waals surface area contributed by atoms with E-state index >= 15 is 0 Å². The molecule has 2 aromatic carbocycles. The summed E-state index contributed by atoms with van der Waals surface area (Å²) in [6.07, 6.45) is 0.718. The van der Waals surface area contributed by atoms with Crippen LogP contribution in [0.3, 0.4) is 0 Å². The fourth-order valence-corrected chi connectivity index (χ4v) is 2.84. The van der Waals surface area contributed by atoms with Gasteiger partial charge in [-0.25, -0.2) is 4.39 Å². The second-order valence-corrected chi connectivity index (χ2v) is 6.12. The normalized spacial score (nSPS) is 10.9. The summed E-state index contributed by atoms with van der Waals surface area (Å²) >= 11 is 0. The number of phenols is 1. The van der Waals surface area contributed by atoms with Crippen molar-refractivity contribution in [2.24, 2.45) is 0 Å². The van der Waals surface area contributed by atoms with Gasteiger partial charge in [0.15, 0.2) is 11.3 Å². The van der Waals surface area contributed by atoms with Crippen LogP contribution in [0.2, 0.25) is 0 Å². The zero-order chi connectivity index (χ0) is 19.4. The molecular formula is C21H21FO5. The number of rotatable bonds is 7. The molecule has 0 aliphatic carbocycles. The van der Waals surface area contributed by atoms with E-state index in [0.29, 0.717) is 16.7 Å². The molecule has 0 aliphatic rings. The molecule has 1 N–H and O–H groups in total. The van der Waals surface area contributed by atoms with Gasteiger partial charge in [0.25, 0.3) is 0 Å². The summed E-state index contributed by atoms with van der Waals surface area (Å²) in [4.78, 5) is 11.7. The number of hydrogen-bond donors (Lipinski definition) is 1. The smallest absolute Gasteiger partial charge is 0.310 e. The van der Waals surface area contributed by atoms with E-state index in [0.717, 1.165) is 17.6 Å². The number of carbonyl (C=O) groups is 1. The van der Waals surface area contributed by atoms with Crippen molar-refractivity contribution in [3.05, 3.63) is 59.1 Å². The number of aromatic hydroxyl groups is 1. The molecule has 1 aromatic heterocycles. The first-order valence-corrected chi connectivity index (χ1v) is 8.81. The minimum absolute atomic E-state index is 0.00463. The number of fused-ring (bicyclic) bond motifs is 1. The molecule has 0 aliphatic heterocycles. The third-order valence-electron chi connectivity index (χ3n) is 4.12. The monoisotopic (exact) mass is 372 g/mol. The number of hydrogen-bond acceptors (Lipinski definition) is 5. The first-order chi connectivity index (χ1) is 13.0. The number of esters is 1. The van der Waals surface area contributed by atoms with Gasteiger partial charge in [0.2, 0.25) is 0 Å². The van der Waals surface area contributed by atoms with Crippen LogP contribution in [-0.2, 0) is 29.0 Å². The summed E-state index contributed by atoms with van der Waals surface area (Å²) in [7, 11) is 0. The fourth-order valence-electron chi connectivity index (χ4n) is 2.84. The SMILES string of the molecule is CCOC(=O)Cc1ccc(F)cc1OCc1cc(O)c2oc(CC)cc2c1. The first kappa shape index (κ1) is 18.8. The zero-order valence-electron chi connectivity index (χ0n) is 15.3. The largest absolute Gasteiger partial charge is 0.504 e. The molecule has 1 heterocycles. The molecule has 0 spiro atoms. The minimum atomic E-state index is -0.460. The summed E-state index contributed by atoms with van der Waals surface area (Å²) in [5.74, 6) is 0.206. The second kappa shape index (κ2) is 8.12. The predicted molar refractivity (Wildman–Crippen MR) is 98.3 cm³/mol. The van der Waals surface area contributed by atoms with Crippen LogP contribution < -0.4 is 4.74 Å². The quantitative estimate of drug-likeness (QED) is 0.618. The van der Waals surface area contributed by atoms with Gasteiger partial charge in [-0.15, -0.1) is 0 Å².